The molecule has 0 aliphatic carbocycles. The first-order chi connectivity index (χ1) is 20.6. The van der Waals surface area contributed by atoms with Gasteiger partial charge in [-0.15, -0.1) is 0 Å². The van der Waals surface area contributed by atoms with Crippen molar-refractivity contribution in [3.63, 3.8) is 0 Å². The highest BCUT2D eigenvalue weighted by Gasteiger charge is 2.43. The number of phenols is 2. The standard InChI is InChI=1S/C29H30O12.CH4O/c30-8-5-15-1-4-20(19(32)12-15)39-10-7-16-11-18-3-2-17(6-9-31)24(33)23(18)25(34)21(13-16)40-14-22-26(35)27(36)28(37)29(38)41-22;1-2/h1-5,8-9,11-13,22,26-30,32-33,35-38H,6-7,10,14H2;2H,1H3/b8-5+;. The molecule has 13 heteroatoms. The van der Waals surface area contributed by atoms with E-state index in [1.165, 1.54) is 30.3 Å². The first-order valence-corrected chi connectivity index (χ1v) is 13.1. The van der Waals surface area contributed by atoms with Crippen molar-refractivity contribution < 1.29 is 59.9 Å². The predicted octanol–water partition coefficient (Wildman–Crippen LogP) is 0.290. The molecule has 8 N–H and O–H groups in total. The molecule has 1 fully saturated rings. The molecule has 3 aromatic rings. The minimum absolute atomic E-state index is 0.0534. The van der Waals surface area contributed by atoms with Crippen LogP contribution in [0, 0.1) is 0 Å². The average Bonchev–Trinajstić information content (AvgIpc) is 3.13. The molecule has 1 heterocycles. The molecule has 4 rings (SSSR count). The van der Waals surface area contributed by atoms with Crippen LogP contribution in [0.1, 0.15) is 16.7 Å². The molecule has 0 radical (unpaired) electrons. The molecule has 43 heavy (non-hydrogen) atoms. The maximum atomic E-state index is 13.5. The summed E-state index contributed by atoms with van der Waals surface area (Å²) in [6.45, 7) is -0.451. The number of ether oxygens (including phenoxy) is 3. The monoisotopic (exact) mass is 602 g/mol. The number of aliphatic hydroxyl groups excluding tert-OH is 6. The minimum Gasteiger partial charge on any atom is -0.516 e. The fraction of sp³-hybridized carbons (Fsp3) is 0.333. The summed E-state index contributed by atoms with van der Waals surface area (Å²) >= 11 is 0. The van der Waals surface area contributed by atoms with Gasteiger partial charge in [-0.25, -0.2) is 0 Å². The Morgan fingerprint density at radius 3 is 2.33 bits per heavy atom. The first kappa shape index (κ1) is 33.3. The molecule has 5 unspecified atom stereocenters. The van der Waals surface area contributed by atoms with Crippen LogP contribution in [0.25, 0.3) is 16.8 Å². The molecular formula is C30H34O13. The van der Waals surface area contributed by atoms with Crippen molar-refractivity contribution in [3.8, 4) is 23.0 Å². The molecule has 232 valence electrons. The summed E-state index contributed by atoms with van der Waals surface area (Å²) in [6, 6.07) is 10.7. The van der Waals surface area contributed by atoms with E-state index in [-0.39, 0.29) is 47.6 Å². The minimum atomic E-state index is -1.80. The van der Waals surface area contributed by atoms with Crippen molar-refractivity contribution in [2.24, 2.45) is 0 Å². The van der Waals surface area contributed by atoms with Gasteiger partial charge in [-0.05, 0) is 40.8 Å². The summed E-state index contributed by atoms with van der Waals surface area (Å²) in [5, 5.41) is 76.9. The van der Waals surface area contributed by atoms with E-state index >= 15 is 0 Å². The Morgan fingerprint density at radius 2 is 1.65 bits per heavy atom. The predicted molar refractivity (Wildman–Crippen MR) is 153 cm³/mol. The Morgan fingerprint density at radius 1 is 0.907 bits per heavy atom. The van der Waals surface area contributed by atoms with Crippen LogP contribution in [0.3, 0.4) is 0 Å². The van der Waals surface area contributed by atoms with Gasteiger partial charge in [0.25, 0.3) is 0 Å². The van der Waals surface area contributed by atoms with Crippen molar-refractivity contribution in [2.45, 2.75) is 43.5 Å². The van der Waals surface area contributed by atoms with E-state index < -0.39 is 48.5 Å². The zero-order valence-corrected chi connectivity index (χ0v) is 23.1. The van der Waals surface area contributed by atoms with Crippen molar-refractivity contribution >= 4 is 23.1 Å². The second-order valence-corrected chi connectivity index (χ2v) is 9.45. The number of phenolic OH excluding ortho intramolecular Hbond substituents is 2. The molecule has 0 spiro atoms. The van der Waals surface area contributed by atoms with Crippen molar-refractivity contribution in [1.29, 1.82) is 0 Å². The fourth-order valence-electron chi connectivity index (χ4n) is 4.48. The number of aromatic hydroxyl groups is 2. The van der Waals surface area contributed by atoms with E-state index in [1.807, 2.05) is 0 Å². The molecule has 1 aliphatic heterocycles. The first-order valence-electron chi connectivity index (χ1n) is 13.1. The van der Waals surface area contributed by atoms with Gasteiger partial charge in [-0.1, -0.05) is 24.3 Å². The van der Waals surface area contributed by atoms with Gasteiger partial charge in [0.15, 0.2) is 23.5 Å². The summed E-state index contributed by atoms with van der Waals surface area (Å²) in [5.74, 6) is -0.621. The van der Waals surface area contributed by atoms with E-state index in [1.54, 1.807) is 18.2 Å². The number of carbonyl (C=O) groups excluding carboxylic acids is 1. The summed E-state index contributed by atoms with van der Waals surface area (Å²) < 4.78 is 16.5. The number of rotatable bonds is 10. The Hall–Kier alpha value is -4.24. The van der Waals surface area contributed by atoms with Gasteiger partial charge < -0.3 is 59.9 Å². The highest BCUT2D eigenvalue weighted by molar-refractivity contribution is 5.90. The third-order valence-corrected chi connectivity index (χ3v) is 6.69. The van der Waals surface area contributed by atoms with Crippen LogP contribution in [0.5, 0.6) is 23.0 Å². The Labute approximate surface area is 245 Å². The van der Waals surface area contributed by atoms with Gasteiger partial charge >= 0.3 is 0 Å². The van der Waals surface area contributed by atoms with Crippen LogP contribution in [-0.4, -0.2) is 98.2 Å². The number of fused-ring (bicyclic) bond motifs is 1. The topological polar surface area (TPSA) is 224 Å². The zero-order chi connectivity index (χ0) is 31.7. The van der Waals surface area contributed by atoms with Gasteiger partial charge in [0.05, 0.1) is 18.3 Å². The van der Waals surface area contributed by atoms with Crippen LogP contribution in [0.2, 0.25) is 0 Å². The maximum Gasteiger partial charge on any atom is 0.231 e. The lowest BCUT2D eigenvalue weighted by Crippen LogP contribution is -2.58. The van der Waals surface area contributed by atoms with Gasteiger partial charge in [-0.2, -0.15) is 0 Å². The zero-order valence-electron chi connectivity index (χ0n) is 23.1. The molecular weight excluding hydrogens is 568 g/mol. The lowest BCUT2D eigenvalue weighted by Gasteiger charge is -2.37. The lowest BCUT2D eigenvalue weighted by atomic mass is 9.99. The van der Waals surface area contributed by atoms with E-state index in [4.69, 9.17) is 24.4 Å². The molecule has 0 bridgehead atoms. The number of aldehydes is 1. The quantitative estimate of drug-likeness (QED) is 0.116. The van der Waals surface area contributed by atoms with Crippen molar-refractivity contribution in [2.75, 3.05) is 20.3 Å². The van der Waals surface area contributed by atoms with Crippen LogP contribution < -0.4 is 14.9 Å². The highest BCUT2D eigenvalue weighted by Crippen LogP contribution is 2.30. The Bertz CT molecular complexity index is 1490. The van der Waals surface area contributed by atoms with Crippen LogP contribution in [0.4, 0.5) is 0 Å². The number of benzene rings is 2. The van der Waals surface area contributed by atoms with Crippen LogP contribution in [-0.2, 0) is 22.4 Å². The molecule has 1 saturated heterocycles. The van der Waals surface area contributed by atoms with Crippen LogP contribution >= 0.6 is 0 Å². The van der Waals surface area contributed by atoms with Crippen molar-refractivity contribution in [3.05, 3.63) is 75.6 Å². The summed E-state index contributed by atoms with van der Waals surface area (Å²) in [7, 11) is 1.00. The molecule has 5 atom stereocenters. The number of hydrogen-bond donors (Lipinski definition) is 8. The SMILES string of the molecule is CO.O=CCc1ccc2cc(CCOc3ccc(/C=C/O)cc3O)cc(OCC3OC(O)C(O)C(O)C3O)c(=O)c2c1O. The van der Waals surface area contributed by atoms with E-state index in [9.17, 15) is 40.2 Å². The molecule has 0 saturated carbocycles. The third-order valence-electron chi connectivity index (χ3n) is 6.69. The molecule has 3 aromatic carbocycles. The maximum absolute atomic E-state index is 13.5. The van der Waals surface area contributed by atoms with E-state index in [0.29, 0.717) is 22.8 Å². The second kappa shape index (κ2) is 15.3. The highest BCUT2D eigenvalue weighted by atomic mass is 16.6. The number of carbonyl (C=O) groups is 1. The molecule has 0 aromatic heterocycles. The summed E-state index contributed by atoms with van der Waals surface area (Å²) in [6.07, 6.45) is -5.31. The third kappa shape index (κ3) is 7.78. The van der Waals surface area contributed by atoms with E-state index in [2.05, 4.69) is 0 Å². The molecule has 13 nitrogen and oxygen atoms in total. The molecule has 1 aliphatic rings. The second-order valence-electron chi connectivity index (χ2n) is 9.45. The number of aliphatic hydroxyl groups is 6. The van der Waals surface area contributed by atoms with E-state index in [0.717, 1.165) is 13.4 Å². The normalized spacial score (nSPS) is 21.7. The Balaban J connectivity index is 0.00000248. The average molecular weight is 603 g/mol. The van der Waals surface area contributed by atoms with Gasteiger partial charge in [0.2, 0.25) is 5.43 Å². The summed E-state index contributed by atoms with van der Waals surface area (Å²) in [5.41, 5.74) is 0.579. The smallest absolute Gasteiger partial charge is 0.231 e. The fourth-order valence-corrected chi connectivity index (χ4v) is 4.48. The summed E-state index contributed by atoms with van der Waals surface area (Å²) in [4.78, 5) is 24.6. The lowest BCUT2D eigenvalue weighted by molar-refractivity contribution is -0.285. The number of hydrogen-bond acceptors (Lipinski definition) is 13. The molecule has 0 amide bonds. The van der Waals surface area contributed by atoms with Gasteiger partial charge in [0, 0.05) is 25.5 Å². The Kier molecular flexibility index (Phi) is 11.8. The largest absolute Gasteiger partial charge is 0.516 e. The van der Waals surface area contributed by atoms with Crippen LogP contribution in [0.15, 0.2) is 53.5 Å². The van der Waals surface area contributed by atoms with Crippen molar-refractivity contribution in [1.82, 2.24) is 0 Å². The van der Waals surface area contributed by atoms with Gasteiger partial charge in [0.1, 0.15) is 43.1 Å². The van der Waals surface area contributed by atoms with Gasteiger partial charge in [-0.3, -0.25) is 4.79 Å².